The zero-order valence-electron chi connectivity index (χ0n) is 10.1. The van der Waals surface area contributed by atoms with Crippen LogP contribution in [-0.4, -0.2) is 22.8 Å². The van der Waals surface area contributed by atoms with Gasteiger partial charge in [0.25, 0.3) is 0 Å². The number of fused-ring (bicyclic) bond motifs is 3. The Balaban J connectivity index is 2.03. The first-order valence-electron chi connectivity index (χ1n) is 6.30. The predicted molar refractivity (Wildman–Crippen MR) is 63.2 cm³/mol. The smallest absolute Gasteiger partial charge is 0.331 e. The van der Waals surface area contributed by atoms with Gasteiger partial charge in [-0.3, -0.25) is 0 Å². The van der Waals surface area contributed by atoms with Crippen LogP contribution in [0.5, 0.6) is 0 Å². The molecule has 0 aromatic rings. The lowest BCUT2D eigenvalue weighted by molar-refractivity contribution is -0.144. The van der Waals surface area contributed by atoms with Crippen molar-refractivity contribution in [3.05, 3.63) is 23.8 Å². The van der Waals surface area contributed by atoms with Crippen LogP contribution in [0.3, 0.4) is 0 Å². The van der Waals surface area contributed by atoms with Crippen LogP contribution in [0.2, 0.25) is 0 Å². The molecule has 3 nitrogen and oxygen atoms in total. The van der Waals surface area contributed by atoms with Gasteiger partial charge in [-0.2, -0.15) is 0 Å². The van der Waals surface area contributed by atoms with Gasteiger partial charge < -0.3 is 9.84 Å². The average Bonchev–Trinajstić information content (AvgIpc) is 2.71. The summed E-state index contributed by atoms with van der Waals surface area (Å²) in [4.78, 5) is 11.4. The minimum absolute atomic E-state index is 0.00444. The van der Waals surface area contributed by atoms with Crippen LogP contribution in [0.25, 0.3) is 0 Å². The molecule has 0 aromatic carbocycles. The Hall–Kier alpha value is -1.09. The number of carbonyl (C=O) groups is 1. The normalized spacial score (nSPS) is 44.8. The predicted octanol–water partition coefficient (Wildman–Crippen LogP) is 1.97. The monoisotopic (exact) mass is 234 g/mol. The fraction of sp³-hybridized carbons (Fsp3) is 0.643. The summed E-state index contributed by atoms with van der Waals surface area (Å²) in [6.45, 7) is 6.01. The Morgan fingerprint density at radius 3 is 3.06 bits per heavy atom. The Morgan fingerprint density at radius 1 is 1.53 bits per heavy atom. The molecule has 3 rings (SSSR count). The summed E-state index contributed by atoms with van der Waals surface area (Å²) in [5, 5.41) is 10.5. The molecular formula is C14H18O3. The van der Waals surface area contributed by atoms with Gasteiger partial charge in [-0.15, -0.1) is 0 Å². The first-order chi connectivity index (χ1) is 7.99. The molecule has 1 N–H and O–H groups in total. The third-order valence-corrected chi connectivity index (χ3v) is 4.61. The largest absolute Gasteiger partial charge is 0.454 e. The lowest BCUT2D eigenvalue weighted by Gasteiger charge is -2.33. The number of ether oxygens (including phenoxy) is 1. The lowest BCUT2D eigenvalue weighted by atomic mass is 9.79. The molecule has 0 saturated heterocycles. The first-order valence-corrected chi connectivity index (χ1v) is 6.30. The van der Waals surface area contributed by atoms with Crippen LogP contribution in [0, 0.1) is 11.8 Å². The summed E-state index contributed by atoms with van der Waals surface area (Å²) in [7, 11) is 0. The second kappa shape index (κ2) is 3.45. The number of hydrogen-bond acceptors (Lipinski definition) is 3. The summed E-state index contributed by atoms with van der Waals surface area (Å²) >= 11 is 0. The first kappa shape index (κ1) is 11.0. The molecule has 92 valence electrons. The second-order valence-electron chi connectivity index (χ2n) is 5.76. The van der Waals surface area contributed by atoms with Crippen LogP contribution in [0.1, 0.15) is 32.6 Å². The maximum absolute atomic E-state index is 11.4. The Kier molecular flexibility index (Phi) is 2.24. The van der Waals surface area contributed by atoms with E-state index in [1.54, 1.807) is 6.08 Å². The van der Waals surface area contributed by atoms with E-state index < -0.39 is 5.60 Å². The fourth-order valence-electron chi connectivity index (χ4n) is 3.70. The molecule has 3 aliphatic rings. The maximum atomic E-state index is 11.4. The number of carbonyl (C=O) groups excluding carboxylic acids is 1. The van der Waals surface area contributed by atoms with Gasteiger partial charge in [0.05, 0.1) is 5.60 Å². The topological polar surface area (TPSA) is 46.5 Å². The van der Waals surface area contributed by atoms with Gasteiger partial charge in [-0.05, 0) is 44.1 Å². The summed E-state index contributed by atoms with van der Waals surface area (Å²) in [5.41, 5.74) is 1.51. The van der Waals surface area contributed by atoms with Gasteiger partial charge in [-0.25, -0.2) is 4.79 Å². The molecule has 1 heterocycles. The fourth-order valence-corrected chi connectivity index (χ4v) is 3.70. The molecule has 4 unspecified atom stereocenters. The maximum Gasteiger partial charge on any atom is 0.331 e. The standard InChI is InChI=1S/C14H18O3/c1-8-3-4-9-7-11(15)17-13(9)12-10(8)5-6-14(12,2)16/h7,10,12-13,16H,1,3-6H2,2H3. The highest BCUT2D eigenvalue weighted by Gasteiger charge is 2.53. The van der Waals surface area contributed by atoms with E-state index in [1.165, 1.54) is 5.57 Å². The highest BCUT2D eigenvalue weighted by atomic mass is 16.5. The van der Waals surface area contributed by atoms with Gasteiger partial charge in [-0.1, -0.05) is 12.2 Å². The number of aliphatic hydroxyl groups is 1. The van der Waals surface area contributed by atoms with Gasteiger partial charge in [0.2, 0.25) is 0 Å². The van der Waals surface area contributed by atoms with Crippen molar-refractivity contribution in [3.63, 3.8) is 0 Å². The molecule has 0 amide bonds. The van der Waals surface area contributed by atoms with E-state index in [2.05, 4.69) is 6.58 Å². The lowest BCUT2D eigenvalue weighted by Crippen LogP contribution is -2.41. The van der Waals surface area contributed by atoms with E-state index in [0.717, 1.165) is 31.3 Å². The van der Waals surface area contributed by atoms with E-state index in [-0.39, 0.29) is 18.0 Å². The van der Waals surface area contributed by atoms with Gasteiger partial charge in [0.1, 0.15) is 6.10 Å². The summed E-state index contributed by atoms with van der Waals surface area (Å²) in [6, 6.07) is 0. The van der Waals surface area contributed by atoms with Crippen LogP contribution < -0.4 is 0 Å². The van der Waals surface area contributed by atoms with Crippen LogP contribution in [0.15, 0.2) is 23.8 Å². The number of esters is 1. The van der Waals surface area contributed by atoms with Crippen molar-refractivity contribution in [1.29, 1.82) is 0 Å². The van der Waals surface area contributed by atoms with Crippen molar-refractivity contribution in [2.75, 3.05) is 0 Å². The van der Waals surface area contributed by atoms with E-state index in [9.17, 15) is 9.90 Å². The van der Waals surface area contributed by atoms with Gasteiger partial charge >= 0.3 is 5.97 Å². The second-order valence-corrected chi connectivity index (χ2v) is 5.76. The molecular weight excluding hydrogens is 216 g/mol. The van der Waals surface area contributed by atoms with Crippen molar-refractivity contribution in [3.8, 4) is 0 Å². The molecule has 2 fully saturated rings. The number of hydrogen-bond donors (Lipinski definition) is 1. The van der Waals surface area contributed by atoms with Crippen LogP contribution in [-0.2, 0) is 9.53 Å². The van der Waals surface area contributed by atoms with E-state index in [0.29, 0.717) is 5.92 Å². The van der Waals surface area contributed by atoms with E-state index >= 15 is 0 Å². The summed E-state index contributed by atoms with van der Waals surface area (Å²) in [6.07, 6.45) is 4.87. The molecule has 0 bridgehead atoms. The summed E-state index contributed by atoms with van der Waals surface area (Å²) < 4.78 is 5.41. The van der Waals surface area contributed by atoms with E-state index in [4.69, 9.17) is 4.74 Å². The molecule has 4 atom stereocenters. The highest BCUT2D eigenvalue weighted by Crippen LogP contribution is 2.51. The van der Waals surface area contributed by atoms with Gasteiger partial charge in [0.15, 0.2) is 0 Å². The Morgan fingerprint density at radius 2 is 2.29 bits per heavy atom. The molecule has 0 radical (unpaired) electrons. The van der Waals surface area contributed by atoms with Crippen LogP contribution in [0.4, 0.5) is 0 Å². The molecule has 0 aromatic heterocycles. The molecule has 2 aliphatic carbocycles. The quantitative estimate of drug-likeness (QED) is 0.515. The number of allylic oxidation sites excluding steroid dienone is 1. The number of rotatable bonds is 0. The van der Waals surface area contributed by atoms with Crippen molar-refractivity contribution >= 4 is 5.97 Å². The van der Waals surface area contributed by atoms with Crippen molar-refractivity contribution < 1.29 is 14.6 Å². The molecule has 2 saturated carbocycles. The third kappa shape index (κ3) is 1.56. The van der Waals surface area contributed by atoms with Gasteiger partial charge in [0, 0.05) is 12.0 Å². The highest BCUT2D eigenvalue weighted by molar-refractivity contribution is 5.86. The minimum Gasteiger partial charge on any atom is -0.454 e. The zero-order valence-corrected chi connectivity index (χ0v) is 10.1. The third-order valence-electron chi connectivity index (χ3n) is 4.61. The molecule has 0 spiro atoms. The molecule has 1 aliphatic heterocycles. The Labute approximate surface area is 101 Å². The molecule has 17 heavy (non-hydrogen) atoms. The van der Waals surface area contributed by atoms with Crippen molar-refractivity contribution in [2.24, 2.45) is 11.8 Å². The van der Waals surface area contributed by atoms with Crippen LogP contribution >= 0.6 is 0 Å². The zero-order chi connectivity index (χ0) is 12.2. The Bertz CT molecular complexity index is 419. The molecule has 3 heteroatoms. The SMILES string of the molecule is C=C1CCC2=CC(=O)OC2C2C1CCC2(C)O. The van der Waals surface area contributed by atoms with Crippen molar-refractivity contribution in [2.45, 2.75) is 44.3 Å². The summed E-state index contributed by atoms with van der Waals surface area (Å²) in [5.74, 6) is 0.0426. The minimum atomic E-state index is -0.744. The van der Waals surface area contributed by atoms with Crippen molar-refractivity contribution in [1.82, 2.24) is 0 Å². The van der Waals surface area contributed by atoms with E-state index in [1.807, 2.05) is 6.92 Å². The average molecular weight is 234 g/mol.